The van der Waals surface area contributed by atoms with E-state index in [0.29, 0.717) is 25.6 Å². The maximum absolute atomic E-state index is 5.83. The second-order valence-corrected chi connectivity index (χ2v) is 5.05. The third-order valence-electron chi connectivity index (χ3n) is 3.82. The molecule has 5 rings (SSSR count). The van der Waals surface area contributed by atoms with E-state index in [1.54, 1.807) is 18.4 Å². The highest BCUT2D eigenvalue weighted by atomic mass is 16.9. The highest BCUT2D eigenvalue weighted by molar-refractivity contribution is 5.28. The number of furan rings is 1. The molecule has 0 aliphatic carbocycles. The molecule has 0 N–H and O–H groups in total. The fourth-order valence-corrected chi connectivity index (χ4v) is 2.66. The summed E-state index contributed by atoms with van der Waals surface area (Å²) in [5.74, 6) is -0.589. The number of hydrogen-bond acceptors (Lipinski definition) is 4. The molecule has 3 fully saturated rings. The van der Waals surface area contributed by atoms with Crippen molar-refractivity contribution in [1.29, 1.82) is 0 Å². The number of rotatable bonds is 2. The Labute approximate surface area is 110 Å². The van der Waals surface area contributed by atoms with Crippen molar-refractivity contribution < 1.29 is 18.6 Å². The summed E-state index contributed by atoms with van der Waals surface area (Å²) in [5, 5.41) is 0. The quantitative estimate of drug-likeness (QED) is 0.829. The molecular weight excluding hydrogens is 244 g/mol. The van der Waals surface area contributed by atoms with Crippen LogP contribution < -0.4 is 0 Å². The van der Waals surface area contributed by atoms with Crippen LogP contribution in [0.4, 0.5) is 0 Å². The van der Waals surface area contributed by atoms with Crippen molar-refractivity contribution in [2.45, 2.75) is 11.4 Å². The summed E-state index contributed by atoms with van der Waals surface area (Å²) in [7, 11) is 0. The Bertz CT molecular complexity index is 537. The summed E-state index contributed by atoms with van der Waals surface area (Å²) < 4.78 is 22.8. The molecule has 3 aliphatic rings. The molecule has 3 aliphatic heterocycles. The van der Waals surface area contributed by atoms with Crippen LogP contribution in [0, 0.1) is 0 Å². The summed E-state index contributed by atoms with van der Waals surface area (Å²) in [6.07, 6.45) is 1.59. The van der Waals surface area contributed by atoms with Crippen molar-refractivity contribution in [3.05, 3.63) is 60.1 Å². The highest BCUT2D eigenvalue weighted by Gasteiger charge is 2.55. The molecule has 19 heavy (non-hydrogen) atoms. The molecule has 2 bridgehead atoms. The van der Waals surface area contributed by atoms with Gasteiger partial charge in [-0.05, 0) is 17.7 Å². The van der Waals surface area contributed by atoms with Crippen molar-refractivity contribution in [2.75, 3.05) is 19.8 Å². The van der Waals surface area contributed by atoms with Gasteiger partial charge in [-0.25, -0.2) is 0 Å². The van der Waals surface area contributed by atoms with Crippen LogP contribution in [0.25, 0.3) is 0 Å². The normalized spacial score (nSPS) is 33.5. The minimum Gasteiger partial charge on any atom is -0.461 e. The number of hydrogen-bond donors (Lipinski definition) is 0. The summed E-state index contributed by atoms with van der Waals surface area (Å²) in [5.41, 5.74) is 0.970. The summed E-state index contributed by atoms with van der Waals surface area (Å²) in [6.45, 7) is 1.70. The minimum absolute atomic E-state index is 0.213. The Balaban J connectivity index is 1.65. The van der Waals surface area contributed by atoms with Crippen LogP contribution in [0.1, 0.15) is 11.3 Å². The first-order valence-electron chi connectivity index (χ1n) is 6.34. The highest BCUT2D eigenvalue weighted by Crippen LogP contribution is 2.45. The van der Waals surface area contributed by atoms with E-state index in [1.807, 2.05) is 18.2 Å². The molecule has 4 nitrogen and oxygen atoms in total. The van der Waals surface area contributed by atoms with Gasteiger partial charge in [0.05, 0.1) is 31.5 Å². The summed E-state index contributed by atoms with van der Waals surface area (Å²) >= 11 is 0. The standard InChI is InChI=1S/C15H14O4/c1-2-5-12(6-3-1)14-9-17-15(18-10-14,19-11-14)13-7-4-8-16-13/h1-8H,9-11H2. The van der Waals surface area contributed by atoms with Crippen LogP contribution >= 0.6 is 0 Å². The van der Waals surface area contributed by atoms with E-state index in [2.05, 4.69) is 12.1 Å². The van der Waals surface area contributed by atoms with Crippen molar-refractivity contribution in [1.82, 2.24) is 0 Å². The molecule has 0 spiro atoms. The molecule has 1 aromatic carbocycles. The fourth-order valence-electron chi connectivity index (χ4n) is 2.66. The Morgan fingerprint density at radius 1 is 0.789 bits per heavy atom. The van der Waals surface area contributed by atoms with E-state index in [4.69, 9.17) is 18.6 Å². The van der Waals surface area contributed by atoms with Crippen molar-refractivity contribution in [3.63, 3.8) is 0 Å². The van der Waals surface area contributed by atoms with Crippen LogP contribution in [0.15, 0.2) is 53.1 Å². The van der Waals surface area contributed by atoms with Crippen molar-refractivity contribution in [3.8, 4) is 0 Å². The van der Waals surface area contributed by atoms with Gasteiger partial charge in [0.1, 0.15) is 0 Å². The molecule has 0 atom stereocenters. The van der Waals surface area contributed by atoms with Gasteiger partial charge in [0.2, 0.25) is 0 Å². The summed E-state index contributed by atoms with van der Waals surface area (Å²) in [6, 6.07) is 13.8. The molecule has 4 heteroatoms. The Morgan fingerprint density at radius 3 is 2.05 bits per heavy atom. The van der Waals surface area contributed by atoms with Crippen LogP contribution in [0.3, 0.4) is 0 Å². The number of ether oxygens (including phenoxy) is 3. The van der Waals surface area contributed by atoms with Gasteiger partial charge in [-0.3, -0.25) is 0 Å². The lowest BCUT2D eigenvalue weighted by Crippen LogP contribution is -2.60. The number of fused-ring (bicyclic) bond motifs is 3. The average molecular weight is 258 g/mol. The van der Waals surface area contributed by atoms with Gasteiger partial charge in [-0.15, -0.1) is 0 Å². The topological polar surface area (TPSA) is 40.8 Å². The average Bonchev–Trinajstić information content (AvgIpc) is 3.05. The maximum atomic E-state index is 5.83. The molecule has 2 aromatic rings. The van der Waals surface area contributed by atoms with E-state index in [1.165, 1.54) is 5.56 Å². The fraction of sp³-hybridized carbons (Fsp3) is 0.333. The van der Waals surface area contributed by atoms with Crippen LogP contribution in [0.2, 0.25) is 0 Å². The lowest BCUT2D eigenvalue weighted by Gasteiger charge is -2.50. The largest absolute Gasteiger partial charge is 0.461 e. The van der Waals surface area contributed by atoms with E-state index in [9.17, 15) is 0 Å². The second-order valence-electron chi connectivity index (χ2n) is 5.05. The molecule has 98 valence electrons. The third kappa shape index (κ3) is 1.57. The molecule has 1 aromatic heterocycles. The predicted molar refractivity (Wildman–Crippen MR) is 66.4 cm³/mol. The van der Waals surface area contributed by atoms with Crippen molar-refractivity contribution in [2.24, 2.45) is 0 Å². The monoisotopic (exact) mass is 258 g/mol. The Kier molecular flexibility index (Phi) is 2.33. The first kappa shape index (κ1) is 11.2. The predicted octanol–water partition coefficient (Wildman–Crippen LogP) is 2.40. The second kappa shape index (κ2) is 3.93. The molecule has 0 radical (unpaired) electrons. The van der Waals surface area contributed by atoms with Crippen molar-refractivity contribution >= 4 is 0 Å². The zero-order valence-corrected chi connectivity index (χ0v) is 10.4. The molecule has 0 unspecified atom stereocenters. The van der Waals surface area contributed by atoms with Gasteiger partial charge in [-0.2, -0.15) is 0 Å². The van der Waals surface area contributed by atoms with Crippen LogP contribution in [-0.4, -0.2) is 19.8 Å². The van der Waals surface area contributed by atoms with E-state index in [-0.39, 0.29) is 5.41 Å². The smallest absolute Gasteiger partial charge is 0.346 e. The zero-order chi connectivity index (χ0) is 12.8. The first-order valence-corrected chi connectivity index (χ1v) is 6.34. The van der Waals surface area contributed by atoms with Crippen LogP contribution in [-0.2, 0) is 25.6 Å². The van der Waals surface area contributed by atoms with Gasteiger partial charge in [0, 0.05) is 0 Å². The minimum atomic E-state index is -1.15. The van der Waals surface area contributed by atoms with E-state index in [0.717, 1.165) is 0 Å². The van der Waals surface area contributed by atoms with Gasteiger partial charge in [0.15, 0.2) is 5.76 Å². The van der Waals surface area contributed by atoms with E-state index < -0.39 is 5.97 Å². The molecule has 3 saturated heterocycles. The Hall–Kier alpha value is -1.62. The lowest BCUT2D eigenvalue weighted by atomic mass is 9.81. The van der Waals surface area contributed by atoms with Gasteiger partial charge in [0.25, 0.3) is 0 Å². The molecule has 4 heterocycles. The summed E-state index contributed by atoms with van der Waals surface area (Å²) in [4.78, 5) is 0. The molecule has 0 amide bonds. The lowest BCUT2D eigenvalue weighted by molar-refractivity contribution is -0.472. The van der Waals surface area contributed by atoms with Crippen LogP contribution in [0.5, 0.6) is 0 Å². The van der Waals surface area contributed by atoms with E-state index >= 15 is 0 Å². The molecular formula is C15H14O4. The maximum Gasteiger partial charge on any atom is 0.346 e. The zero-order valence-electron chi connectivity index (χ0n) is 10.4. The Morgan fingerprint density at radius 2 is 1.47 bits per heavy atom. The van der Waals surface area contributed by atoms with Gasteiger partial charge < -0.3 is 18.6 Å². The third-order valence-corrected chi connectivity index (χ3v) is 3.82. The number of benzene rings is 1. The first-order chi connectivity index (χ1) is 9.33. The SMILES string of the molecule is c1ccc(C23COC(c4ccco4)(OC2)OC3)cc1. The van der Waals surface area contributed by atoms with Gasteiger partial charge in [-0.1, -0.05) is 30.3 Å². The molecule has 0 saturated carbocycles. The van der Waals surface area contributed by atoms with Gasteiger partial charge >= 0.3 is 5.97 Å².